The molecule has 0 aliphatic rings. The number of pyridine rings is 1. The van der Waals surface area contributed by atoms with Crippen molar-refractivity contribution in [3.63, 3.8) is 0 Å². The number of carboxylic acid groups (broad SMARTS) is 1. The van der Waals surface area contributed by atoms with Gasteiger partial charge in [-0.25, -0.2) is 18.2 Å². The summed E-state index contributed by atoms with van der Waals surface area (Å²) in [4.78, 5) is 16.9. The van der Waals surface area contributed by atoms with Crippen LogP contribution in [0, 0.1) is 0 Å². The lowest BCUT2D eigenvalue weighted by atomic mass is 10.00. The summed E-state index contributed by atoms with van der Waals surface area (Å²) in [6.07, 6.45) is 0.676. The Balaban J connectivity index is 0.000000429. The van der Waals surface area contributed by atoms with Crippen LogP contribution in [-0.2, 0) is 21.1 Å². The smallest absolute Gasteiger partial charge is 0.475 e. The number of halogens is 3. The highest BCUT2D eigenvalue weighted by atomic mass is 32.2. The van der Waals surface area contributed by atoms with Crippen molar-refractivity contribution in [2.24, 2.45) is 5.73 Å². The van der Waals surface area contributed by atoms with Crippen molar-refractivity contribution in [1.82, 2.24) is 9.97 Å². The molecule has 2 aromatic carbocycles. The first-order valence-electron chi connectivity index (χ1n) is 10.3. The van der Waals surface area contributed by atoms with E-state index < -0.39 is 22.0 Å². The van der Waals surface area contributed by atoms with Crippen molar-refractivity contribution < 1.29 is 31.5 Å². The molecule has 0 fully saturated rings. The molecule has 0 bridgehead atoms. The van der Waals surface area contributed by atoms with Gasteiger partial charge in [0.25, 0.3) is 0 Å². The number of H-pyrrole nitrogens is 1. The molecule has 0 atom stereocenters. The number of nitrogens with two attached hydrogens (primary N) is 1. The molecule has 35 heavy (non-hydrogen) atoms. The van der Waals surface area contributed by atoms with Gasteiger partial charge in [0.2, 0.25) is 0 Å². The fourth-order valence-corrected chi connectivity index (χ4v) is 4.03. The number of fused-ring (bicyclic) bond motifs is 1. The summed E-state index contributed by atoms with van der Waals surface area (Å²) in [5.41, 5.74) is 11.5. The van der Waals surface area contributed by atoms with Gasteiger partial charge >= 0.3 is 12.1 Å². The highest BCUT2D eigenvalue weighted by Gasteiger charge is 2.38. The molecule has 0 saturated carbocycles. The number of aliphatic carboxylic acids is 1. The topological polar surface area (TPSA) is 126 Å². The standard InChI is InChI=1S/C22H21N3O2S.C2HF3O2/c1-28(26,27)19-7-3-5-16(11-19)18-12-20-21(14-25-22(20)24-13-18)17-6-2-4-15(10-17)8-9-23;3-2(4,5)1(6)7/h2-7,10-14H,8-9,23H2,1H3,(H,24,25);(H,6,7). The van der Waals surface area contributed by atoms with Gasteiger partial charge in [-0.05, 0) is 47.9 Å². The predicted octanol–water partition coefficient (Wildman–Crippen LogP) is 4.43. The second-order valence-corrected chi connectivity index (χ2v) is 9.68. The second-order valence-electron chi connectivity index (χ2n) is 7.66. The maximum absolute atomic E-state index is 11.9. The van der Waals surface area contributed by atoms with E-state index in [1.165, 1.54) is 11.8 Å². The fraction of sp³-hybridized carbons (Fsp3) is 0.167. The molecule has 4 aromatic rings. The van der Waals surface area contributed by atoms with Crippen LogP contribution < -0.4 is 5.73 Å². The summed E-state index contributed by atoms with van der Waals surface area (Å²) in [5, 5.41) is 8.12. The molecular formula is C24H22F3N3O4S. The van der Waals surface area contributed by atoms with E-state index in [2.05, 4.69) is 28.2 Å². The molecule has 4 N–H and O–H groups in total. The molecule has 2 aromatic heterocycles. The van der Waals surface area contributed by atoms with E-state index in [0.717, 1.165) is 39.7 Å². The van der Waals surface area contributed by atoms with Crippen molar-refractivity contribution in [3.05, 3.63) is 72.6 Å². The van der Waals surface area contributed by atoms with Gasteiger partial charge in [0.15, 0.2) is 9.84 Å². The van der Waals surface area contributed by atoms with Crippen LogP contribution in [0.3, 0.4) is 0 Å². The Labute approximate surface area is 199 Å². The molecule has 7 nitrogen and oxygen atoms in total. The summed E-state index contributed by atoms with van der Waals surface area (Å²) >= 11 is 0. The molecule has 0 unspecified atom stereocenters. The van der Waals surface area contributed by atoms with Gasteiger partial charge in [-0.1, -0.05) is 36.4 Å². The number of alkyl halides is 3. The minimum absolute atomic E-state index is 0.300. The van der Waals surface area contributed by atoms with Gasteiger partial charge < -0.3 is 15.8 Å². The quantitative estimate of drug-likeness (QED) is 0.368. The molecule has 0 saturated heterocycles. The third-order valence-electron chi connectivity index (χ3n) is 5.04. The lowest BCUT2D eigenvalue weighted by molar-refractivity contribution is -0.192. The zero-order valence-electron chi connectivity index (χ0n) is 18.5. The molecule has 0 spiro atoms. The van der Waals surface area contributed by atoms with Gasteiger partial charge in [0.05, 0.1) is 4.90 Å². The van der Waals surface area contributed by atoms with E-state index in [1.54, 1.807) is 24.4 Å². The van der Waals surface area contributed by atoms with Gasteiger partial charge in [-0.15, -0.1) is 0 Å². The van der Waals surface area contributed by atoms with E-state index >= 15 is 0 Å². The summed E-state index contributed by atoms with van der Waals surface area (Å²) in [6, 6.07) is 17.3. The molecular weight excluding hydrogens is 483 g/mol. The number of aromatic amines is 1. The minimum Gasteiger partial charge on any atom is -0.475 e. The maximum Gasteiger partial charge on any atom is 0.490 e. The van der Waals surface area contributed by atoms with Crippen LogP contribution in [0.2, 0.25) is 0 Å². The minimum atomic E-state index is -5.08. The van der Waals surface area contributed by atoms with E-state index in [4.69, 9.17) is 15.6 Å². The first-order valence-corrected chi connectivity index (χ1v) is 12.2. The van der Waals surface area contributed by atoms with Crippen molar-refractivity contribution in [2.75, 3.05) is 12.8 Å². The highest BCUT2D eigenvalue weighted by molar-refractivity contribution is 7.90. The lowest BCUT2D eigenvalue weighted by Gasteiger charge is -2.06. The second kappa shape index (κ2) is 10.3. The monoisotopic (exact) mass is 505 g/mol. The van der Waals surface area contributed by atoms with E-state index in [9.17, 15) is 21.6 Å². The van der Waals surface area contributed by atoms with Gasteiger partial charge in [0.1, 0.15) is 5.65 Å². The van der Waals surface area contributed by atoms with Crippen LogP contribution in [0.5, 0.6) is 0 Å². The average molecular weight is 506 g/mol. The number of nitrogens with one attached hydrogen (secondary N) is 1. The van der Waals surface area contributed by atoms with Crippen LogP contribution in [0.4, 0.5) is 13.2 Å². The number of carbonyl (C=O) groups is 1. The van der Waals surface area contributed by atoms with Crippen LogP contribution >= 0.6 is 0 Å². The molecule has 0 aliphatic carbocycles. The molecule has 0 aliphatic heterocycles. The average Bonchev–Trinajstić information content (AvgIpc) is 3.22. The maximum atomic E-state index is 11.9. The van der Waals surface area contributed by atoms with E-state index in [1.807, 2.05) is 24.4 Å². The third kappa shape index (κ3) is 6.46. The van der Waals surface area contributed by atoms with E-state index in [0.29, 0.717) is 11.4 Å². The van der Waals surface area contributed by atoms with Crippen molar-refractivity contribution in [2.45, 2.75) is 17.5 Å². The molecule has 2 heterocycles. The summed E-state index contributed by atoms with van der Waals surface area (Å²) < 4.78 is 55.5. The van der Waals surface area contributed by atoms with Crippen molar-refractivity contribution in [1.29, 1.82) is 0 Å². The number of aromatic nitrogens is 2. The van der Waals surface area contributed by atoms with Gasteiger partial charge in [-0.3, -0.25) is 0 Å². The number of hydrogen-bond donors (Lipinski definition) is 3. The number of sulfone groups is 1. The first-order chi connectivity index (χ1) is 16.4. The Kier molecular flexibility index (Phi) is 7.61. The first kappa shape index (κ1) is 25.9. The lowest BCUT2D eigenvalue weighted by Crippen LogP contribution is -2.21. The number of benzene rings is 2. The van der Waals surface area contributed by atoms with E-state index in [-0.39, 0.29) is 0 Å². The van der Waals surface area contributed by atoms with Crippen LogP contribution in [0.1, 0.15) is 5.56 Å². The highest BCUT2D eigenvalue weighted by Crippen LogP contribution is 2.32. The predicted molar refractivity (Wildman–Crippen MR) is 127 cm³/mol. The zero-order valence-corrected chi connectivity index (χ0v) is 19.3. The summed E-state index contributed by atoms with van der Waals surface area (Å²) in [5.74, 6) is -2.76. The molecule has 11 heteroatoms. The molecule has 184 valence electrons. The van der Waals surface area contributed by atoms with Crippen LogP contribution in [-0.4, -0.2) is 48.4 Å². The number of rotatable bonds is 5. The van der Waals surface area contributed by atoms with Crippen molar-refractivity contribution >= 4 is 26.8 Å². The Hall–Kier alpha value is -3.70. The Morgan fingerprint density at radius 3 is 2.34 bits per heavy atom. The number of nitrogens with zero attached hydrogens (tertiary/aromatic N) is 1. The number of hydrogen-bond acceptors (Lipinski definition) is 5. The molecule has 4 rings (SSSR count). The van der Waals surface area contributed by atoms with Gasteiger partial charge in [0, 0.05) is 35.2 Å². The van der Waals surface area contributed by atoms with Crippen molar-refractivity contribution in [3.8, 4) is 22.3 Å². The summed E-state index contributed by atoms with van der Waals surface area (Å²) in [7, 11) is -3.26. The Morgan fingerprint density at radius 1 is 1.06 bits per heavy atom. The largest absolute Gasteiger partial charge is 0.490 e. The molecule has 0 radical (unpaired) electrons. The number of carboxylic acids is 1. The third-order valence-corrected chi connectivity index (χ3v) is 6.15. The van der Waals surface area contributed by atoms with Gasteiger partial charge in [-0.2, -0.15) is 13.2 Å². The fourth-order valence-electron chi connectivity index (χ4n) is 3.37. The van der Waals surface area contributed by atoms with Crippen LogP contribution in [0.15, 0.2) is 71.9 Å². The summed E-state index contributed by atoms with van der Waals surface area (Å²) in [6.45, 7) is 0.611. The normalized spacial score (nSPS) is 11.7. The zero-order chi connectivity index (χ0) is 25.8. The van der Waals surface area contributed by atoms with Crippen LogP contribution in [0.25, 0.3) is 33.3 Å². The SMILES string of the molecule is CS(=O)(=O)c1cccc(-c2cnc3[nH]cc(-c4cccc(CCN)c4)c3c2)c1.O=C(O)C(F)(F)F. The Morgan fingerprint density at radius 2 is 1.71 bits per heavy atom. The molecule has 0 amide bonds. The Bertz CT molecular complexity index is 1460.